The summed E-state index contributed by atoms with van der Waals surface area (Å²) >= 11 is 0. The van der Waals surface area contributed by atoms with Crippen molar-refractivity contribution in [3.05, 3.63) is 24.5 Å². The van der Waals surface area contributed by atoms with Gasteiger partial charge in [-0.3, -0.25) is 14.6 Å². The van der Waals surface area contributed by atoms with Gasteiger partial charge in [0, 0.05) is 31.9 Å². The molecule has 9 heteroatoms. The number of amides is 1. The van der Waals surface area contributed by atoms with Gasteiger partial charge in [-0.15, -0.1) is 0 Å². The molecule has 0 radical (unpaired) electrons. The van der Waals surface area contributed by atoms with Gasteiger partial charge < -0.3 is 14.2 Å². The van der Waals surface area contributed by atoms with E-state index in [1.54, 1.807) is 30.4 Å². The number of hydrogen-bond donors (Lipinski definition) is 0. The van der Waals surface area contributed by atoms with E-state index in [1.807, 2.05) is 0 Å². The minimum atomic E-state index is -0.353. The highest BCUT2D eigenvalue weighted by Gasteiger charge is 2.35. The lowest BCUT2D eigenvalue weighted by molar-refractivity contribution is -0.146. The molecule has 2 aromatic heterocycles. The molecule has 1 saturated heterocycles. The first-order valence-electron chi connectivity index (χ1n) is 7.70. The van der Waals surface area contributed by atoms with E-state index in [0.29, 0.717) is 37.1 Å². The van der Waals surface area contributed by atoms with Crippen LogP contribution in [-0.2, 0) is 14.3 Å². The Morgan fingerprint density at radius 3 is 2.88 bits per heavy atom. The fourth-order valence-electron chi connectivity index (χ4n) is 2.36. The third-order valence-corrected chi connectivity index (χ3v) is 3.67. The van der Waals surface area contributed by atoms with Crippen LogP contribution in [-0.4, -0.2) is 56.6 Å². The van der Waals surface area contributed by atoms with Gasteiger partial charge in [-0.2, -0.15) is 4.98 Å². The van der Waals surface area contributed by atoms with Crippen molar-refractivity contribution in [3.8, 4) is 11.5 Å². The lowest BCUT2D eigenvalue weighted by Crippen LogP contribution is -2.48. The van der Waals surface area contributed by atoms with E-state index in [-0.39, 0.29) is 30.6 Å². The number of ether oxygens (including phenoxy) is 1. The van der Waals surface area contributed by atoms with Crippen LogP contribution in [0.5, 0.6) is 0 Å². The van der Waals surface area contributed by atoms with Gasteiger partial charge in [-0.25, -0.2) is 4.98 Å². The Morgan fingerprint density at radius 1 is 1.33 bits per heavy atom. The highest BCUT2D eigenvalue weighted by molar-refractivity contribution is 5.82. The van der Waals surface area contributed by atoms with Crippen LogP contribution in [0.3, 0.4) is 0 Å². The Morgan fingerprint density at radius 2 is 2.17 bits per heavy atom. The van der Waals surface area contributed by atoms with Gasteiger partial charge in [0.05, 0.1) is 25.1 Å². The van der Waals surface area contributed by atoms with Gasteiger partial charge in [0.15, 0.2) is 0 Å². The number of likely N-dealkylation sites (tertiary alicyclic amines) is 1. The molecule has 126 valence electrons. The monoisotopic (exact) mass is 331 g/mol. The predicted molar refractivity (Wildman–Crippen MR) is 80.5 cm³/mol. The maximum absolute atomic E-state index is 12.0. The Labute approximate surface area is 138 Å². The second kappa shape index (κ2) is 7.16. The molecule has 0 atom stereocenters. The number of hydrogen-bond acceptors (Lipinski definition) is 8. The number of carbonyl (C=O) groups is 2. The molecule has 0 unspecified atom stereocenters. The van der Waals surface area contributed by atoms with Crippen LogP contribution in [0, 0.1) is 0 Å². The summed E-state index contributed by atoms with van der Waals surface area (Å²) in [4.78, 5) is 37.3. The van der Waals surface area contributed by atoms with E-state index in [0.717, 1.165) is 0 Å². The molecule has 0 saturated carbocycles. The Bertz CT molecular complexity index is 712. The second-order valence-corrected chi connectivity index (χ2v) is 5.35. The quantitative estimate of drug-likeness (QED) is 0.714. The Kier molecular flexibility index (Phi) is 4.78. The van der Waals surface area contributed by atoms with Crippen LogP contribution in [0.1, 0.15) is 31.6 Å². The zero-order valence-electron chi connectivity index (χ0n) is 13.2. The first-order valence-corrected chi connectivity index (χ1v) is 7.70. The average Bonchev–Trinajstić information content (AvgIpc) is 3.02. The molecule has 3 rings (SSSR count). The molecule has 0 aliphatic carbocycles. The molecule has 2 aromatic rings. The largest absolute Gasteiger partial charge is 0.466 e. The van der Waals surface area contributed by atoms with E-state index in [1.165, 1.54) is 0 Å². The maximum Gasteiger partial charge on any atom is 0.306 e. The van der Waals surface area contributed by atoms with Crippen molar-refractivity contribution < 1.29 is 18.8 Å². The van der Waals surface area contributed by atoms with Crippen molar-refractivity contribution in [2.45, 2.75) is 25.7 Å². The fourth-order valence-corrected chi connectivity index (χ4v) is 2.36. The molecular formula is C15H17N5O4. The molecule has 24 heavy (non-hydrogen) atoms. The van der Waals surface area contributed by atoms with E-state index in [2.05, 4.69) is 20.1 Å². The maximum atomic E-state index is 12.0. The Hall–Kier alpha value is -2.84. The summed E-state index contributed by atoms with van der Waals surface area (Å²) in [6.45, 7) is 3.07. The second-order valence-electron chi connectivity index (χ2n) is 5.35. The number of aromatic nitrogens is 4. The van der Waals surface area contributed by atoms with Gasteiger partial charge >= 0.3 is 5.97 Å². The van der Waals surface area contributed by atoms with Crippen molar-refractivity contribution in [1.82, 2.24) is 25.0 Å². The van der Waals surface area contributed by atoms with Crippen molar-refractivity contribution in [1.29, 1.82) is 0 Å². The average molecular weight is 331 g/mol. The molecule has 1 amide bonds. The van der Waals surface area contributed by atoms with Crippen LogP contribution in [0.4, 0.5) is 0 Å². The molecule has 9 nitrogen and oxygen atoms in total. The predicted octanol–water partition coefficient (Wildman–Crippen LogP) is 0.796. The van der Waals surface area contributed by atoms with E-state index < -0.39 is 0 Å². The first-order chi connectivity index (χ1) is 11.7. The summed E-state index contributed by atoms with van der Waals surface area (Å²) in [5, 5.41) is 3.89. The van der Waals surface area contributed by atoms with Gasteiger partial charge in [0.25, 0.3) is 0 Å². The smallest absolute Gasteiger partial charge is 0.306 e. The Balaban J connectivity index is 1.49. The fraction of sp³-hybridized carbons (Fsp3) is 0.467. The van der Waals surface area contributed by atoms with Crippen molar-refractivity contribution in [2.24, 2.45) is 0 Å². The third-order valence-electron chi connectivity index (χ3n) is 3.67. The molecule has 1 fully saturated rings. The molecule has 1 aliphatic heterocycles. The van der Waals surface area contributed by atoms with E-state index >= 15 is 0 Å². The molecular weight excluding hydrogens is 314 g/mol. The summed E-state index contributed by atoms with van der Waals surface area (Å²) in [5.74, 6) is 0.436. The number of nitrogens with zero attached hydrogens (tertiary/aromatic N) is 5. The summed E-state index contributed by atoms with van der Waals surface area (Å²) in [5.41, 5.74) is 0.536. The first kappa shape index (κ1) is 16.0. The van der Waals surface area contributed by atoms with E-state index in [9.17, 15) is 9.59 Å². The van der Waals surface area contributed by atoms with Gasteiger partial charge in [-0.1, -0.05) is 5.16 Å². The lowest BCUT2D eigenvalue weighted by atomic mass is 9.99. The van der Waals surface area contributed by atoms with Crippen molar-refractivity contribution in [3.63, 3.8) is 0 Å². The molecule has 0 bridgehead atoms. The van der Waals surface area contributed by atoms with Gasteiger partial charge in [-0.05, 0) is 6.92 Å². The SMILES string of the molecule is CCOC(=O)CCC(=O)N1CC(c2nc(-c3cnccn3)no2)C1. The summed E-state index contributed by atoms with van der Waals surface area (Å²) < 4.78 is 10.0. The normalized spacial score (nSPS) is 14.3. The molecule has 1 aliphatic rings. The number of esters is 1. The molecule has 0 N–H and O–H groups in total. The number of rotatable bonds is 6. The van der Waals surface area contributed by atoms with Gasteiger partial charge in [0.2, 0.25) is 17.6 Å². The minimum Gasteiger partial charge on any atom is -0.466 e. The topological polar surface area (TPSA) is 111 Å². The van der Waals surface area contributed by atoms with Crippen molar-refractivity contribution in [2.75, 3.05) is 19.7 Å². The van der Waals surface area contributed by atoms with Crippen LogP contribution in [0.15, 0.2) is 23.1 Å². The lowest BCUT2D eigenvalue weighted by Gasteiger charge is -2.37. The summed E-state index contributed by atoms with van der Waals surface area (Å²) in [7, 11) is 0. The highest BCUT2D eigenvalue weighted by atomic mass is 16.5. The van der Waals surface area contributed by atoms with Crippen LogP contribution in [0.25, 0.3) is 11.5 Å². The molecule has 0 spiro atoms. The zero-order valence-corrected chi connectivity index (χ0v) is 13.2. The highest BCUT2D eigenvalue weighted by Crippen LogP contribution is 2.27. The van der Waals surface area contributed by atoms with Crippen LogP contribution >= 0.6 is 0 Å². The van der Waals surface area contributed by atoms with Crippen molar-refractivity contribution >= 4 is 11.9 Å². The van der Waals surface area contributed by atoms with E-state index in [4.69, 9.17) is 9.26 Å². The summed E-state index contributed by atoms with van der Waals surface area (Å²) in [6, 6.07) is 0. The molecule has 0 aromatic carbocycles. The van der Waals surface area contributed by atoms with Gasteiger partial charge in [0.1, 0.15) is 5.69 Å². The number of carbonyl (C=O) groups excluding carboxylic acids is 2. The minimum absolute atomic E-state index is 0.00876. The molecule has 3 heterocycles. The summed E-state index contributed by atoms with van der Waals surface area (Å²) in [6.07, 6.45) is 4.93. The van der Waals surface area contributed by atoms with Crippen LogP contribution < -0.4 is 0 Å². The zero-order chi connectivity index (χ0) is 16.9. The third kappa shape index (κ3) is 3.55. The standard InChI is InChI=1S/C15H17N5O4/c1-2-23-13(22)4-3-12(21)20-8-10(9-20)15-18-14(19-24-15)11-7-16-5-6-17-11/h5-7,10H,2-4,8-9H2,1H3. The van der Waals surface area contributed by atoms with Crippen LogP contribution in [0.2, 0.25) is 0 Å².